The Hall–Kier alpha value is -3.92. The molecule has 0 aliphatic heterocycles. The van der Waals surface area contributed by atoms with Crippen molar-refractivity contribution < 1.29 is 19.1 Å². The molecule has 1 unspecified atom stereocenters. The molecule has 0 radical (unpaired) electrons. The van der Waals surface area contributed by atoms with Gasteiger partial charge in [0.2, 0.25) is 0 Å². The number of carbonyl (C=O) groups is 2. The highest BCUT2D eigenvalue weighted by molar-refractivity contribution is 5.98. The molecule has 32 heavy (non-hydrogen) atoms. The van der Waals surface area contributed by atoms with Gasteiger partial charge in [0.05, 0.1) is 14.2 Å². The Morgan fingerprint density at radius 1 is 0.688 bits per heavy atom. The van der Waals surface area contributed by atoms with Gasteiger partial charge in [-0.05, 0) is 32.7 Å². The number of ether oxygens (including phenoxy) is 2. The predicted octanol–water partition coefficient (Wildman–Crippen LogP) is 5.75. The molecule has 0 heterocycles. The Balaban J connectivity index is 1.90. The number of esters is 2. The van der Waals surface area contributed by atoms with Gasteiger partial charge in [-0.3, -0.25) is 9.59 Å². The fourth-order valence-electron chi connectivity index (χ4n) is 4.18. The van der Waals surface area contributed by atoms with Gasteiger partial charge in [0.25, 0.3) is 0 Å². The molecule has 4 aromatic rings. The Bertz CT molecular complexity index is 1280. The van der Waals surface area contributed by atoms with Crippen LogP contribution in [-0.4, -0.2) is 26.2 Å². The number of rotatable bonds is 6. The summed E-state index contributed by atoms with van der Waals surface area (Å²) in [5, 5.41) is 4.21. The molecule has 0 aliphatic rings. The summed E-state index contributed by atoms with van der Waals surface area (Å²) in [6.07, 6.45) is 3.87. The van der Waals surface area contributed by atoms with Crippen molar-refractivity contribution in [1.82, 2.24) is 0 Å². The molecule has 4 heteroatoms. The van der Waals surface area contributed by atoms with Gasteiger partial charge >= 0.3 is 11.9 Å². The average Bonchev–Trinajstić information content (AvgIpc) is 2.85. The molecule has 0 aliphatic carbocycles. The number of methoxy groups -OCH3 is 2. The van der Waals surface area contributed by atoms with Crippen LogP contribution in [-0.2, 0) is 19.1 Å². The lowest BCUT2D eigenvalue weighted by atomic mass is 9.82. The first-order valence-corrected chi connectivity index (χ1v) is 10.4. The first-order valence-electron chi connectivity index (χ1n) is 10.4. The van der Waals surface area contributed by atoms with E-state index in [0.717, 1.165) is 32.7 Å². The van der Waals surface area contributed by atoms with Gasteiger partial charge in [-0.2, -0.15) is 0 Å². The maximum Gasteiger partial charge on any atom is 0.321 e. The first-order chi connectivity index (χ1) is 15.6. The largest absolute Gasteiger partial charge is 0.468 e. The van der Waals surface area contributed by atoms with Crippen molar-refractivity contribution in [1.29, 1.82) is 0 Å². The van der Waals surface area contributed by atoms with Crippen molar-refractivity contribution in [2.75, 3.05) is 14.2 Å². The molecule has 4 aromatic carbocycles. The summed E-state index contributed by atoms with van der Waals surface area (Å²) in [6, 6.07) is 28.0. The van der Waals surface area contributed by atoms with Gasteiger partial charge in [-0.25, -0.2) is 0 Å². The molecule has 160 valence electrons. The lowest BCUT2D eigenvalue weighted by molar-refractivity contribution is -0.159. The summed E-state index contributed by atoms with van der Waals surface area (Å²) in [4.78, 5) is 25.5. The van der Waals surface area contributed by atoms with Gasteiger partial charge in [-0.15, -0.1) is 0 Å². The highest BCUT2D eigenvalue weighted by Crippen LogP contribution is 2.34. The number of hydrogen-bond donors (Lipinski definition) is 0. The molecule has 0 saturated carbocycles. The number of fused-ring (bicyclic) bond motifs is 2. The van der Waals surface area contributed by atoms with Crippen molar-refractivity contribution in [2.45, 2.75) is 5.92 Å². The van der Waals surface area contributed by atoms with Gasteiger partial charge in [0, 0.05) is 5.92 Å². The number of hydrogen-bond acceptors (Lipinski definition) is 4. The zero-order valence-electron chi connectivity index (χ0n) is 18.0. The van der Waals surface area contributed by atoms with Crippen molar-refractivity contribution in [3.63, 3.8) is 0 Å². The van der Waals surface area contributed by atoms with Crippen LogP contribution in [0.4, 0.5) is 0 Å². The van der Waals surface area contributed by atoms with E-state index in [-0.39, 0.29) is 0 Å². The topological polar surface area (TPSA) is 52.6 Å². The molecule has 0 bridgehead atoms. The zero-order chi connectivity index (χ0) is 22.5. The van der Waals surface area contributed by atoms with Crippen LogP contribution in [0.5, 0.6) is 0 Å². The van der Waals surface area contributed by atoms with E-state index in [1.54, 1.807) is 0 Å². The van der Waals surface area contributed by atoms with Crippen LogP contribution in [0.15, 0.2) is 91.0 Å². The molecular formula is C28H24O4. The summed E-state index contributed by atoms with van der Waals surface area (Å²) in [7, 11) is 2.57. The van der Waals surface area contributed by atoms with Crippen LogP contribution >= 0.6 is 0 Å². The van der Waals surface area contributed by atoms with Crippen LogP contribution in [0.25, 0.3) is 27.6 Å². The van der Waals surface area contributed by atoms with E-state index in [1.165, 1.54) is 14.2 Å². The van der Waals surface area contributed by atoms with Crippen LogP contribution in [0.1, 0.15) is 17.0 Å². The number of carbonyl (C=O) groups excluding carboxylic acids is 2. The van der Waals surface area contributed by atoms with Gasteiger partial charge in [-0.1, -0.05) is 97.1 Å². The SMILES string of the molecule is COC(=O)C(C(=O)OC)C(/C=C/c1cccc2ccccc12)c1cccc2ccccc12. The molecule has 0 N–H and O–H groups in total. The third-order valence-electron chi connectivity index (χ3n) is 5.76. The second kappa shape index (κ2) is 9.48. The molecular weight excluding hydrogens is 400 g/mol. The van der Waals surface area contributed by atoms with E-state index in [1.807, 2.05) is 78.9 Å². The van der Waals surface area contributed by atoms with Crippen LogP contribution in [0.2, 0.25) is 0 Å². The lowest BCUT2D eigenvalue weighted by Crippen LogP contribution is -2.31. The molecule has 0 amide bonds. The fraction of sp³-hybridized carbons (Fsp3) is 0.143. The standard InChI is InChI=1S/C28H24O4/c1-31-27(29)26(28(30)32-2)25(24-16-8-13-20-10-4-6-15-23(20)24)18-17-21-12-7-11-19-9-3-5-14-22(19)21/h3-18,25-26H,1-2H3/b18-17+. The Morgan fingerprint density at radius 2 is 1.22 bits per heavy atom. The quantitative estimate of drug-likeness (QED) is 0.292. The monoisotopic (exact) mass is 424 g/mol. The third kappa shape index (κ3) is 4.12. The molecule has 0 aromatic heterocycles. The number of allylic oxidation sites excluding steroid dienone is 1. The van der Waals surface area contributed by atoms with Gasteiger partial charge < -0.3 is 9.47 Å². The average molecular weight is 424 g/mol. The summed E-state index contributed by atoms with van der Waals surface area (Å²) >= 11 is 0. The highest BCUT2D eigenvalue weighted by Gasteiger charge is 2.37. The Morgan fingerprint density at radius 3 is 1.88 bits per heavy atom. The summed E-state index contributed by atoms with van der Waals surface area (Å²) in [6.45, 7) is 0. The van der Waals surface area contributed by atoms with Crippen molar-refractivity contribution in [3.8, 4) is 0 Å². The summed E-state index contributed by atoms with van der Waals surface area (Å²) in [5.74, 6) is -2.95. The van der Waals surface area contributed by atoms with E-state index in [2.05, 4.69) is 18.2 Å². The van der Waals surface area contributed by atoms with Crippen LogP contribution < -0.4 is 0 Å². The normalized spacial score (nSPS) is 12.3. The Kier molecular flexibility index (Phi) is 6.31. The van der Waals surface area contributed by atoms with E-state index in [4.69, 9.17) is 9.47 Å². The predicted molar refractivity (Wildman–Crippen MR) is 127 cm³/mol. The molecule has 4 nitrogen and oxygen atoms in total. The van der Waals surface area contributed by atoms with Gasteiger partial charge in [0.1, 0.15) is 0 Å². The maximum atomic E-state index is 12.7. The molecule has 0 spiro atoms. The van der Waals surface area contributed by atoms with E-state index in [9.17, 15) is 9.59 Å². The maximum absolute atomic E-state index is 12.7. The summed E-state index contributed by atoms with van der Waals surface area (Å²) in [5.41, 5.74) is 1.86. The minimum absolute atomic E-state index is 0.569. The fourth-order valence-corrected chi connectivity index (χ4v) is 4.18. The molecule has 0 saturated heterocycles. The second-order valence-electron chi connectivity index (χ2n) is 7.55. The van der Waals surface area contributed by atoms with Crippen molar-refractivity contribution >= 4 is 39.6 Å². The van der Waals surface area contributed by atoms with E-state index >= 15 is 0 Å². The van der Waals surface area contributed by atoms with E-state index in [0.29, 0.717) is 0 Å². The van der Waals surface area contributed by atoms with Crippen molar-refractivity contribution in [2.24, 2.45) is 5.92 Å². The minimum Gasteiger partial charge on any atom is -0.468 e. The Labute approximate surface area is 187 Å². The molecule has 0 fully saturated rings. The lowest BCUT2D eigenvalue weighted by Gasteiger charge is -2.22. The van der Waals surface area contributed by atoms with Gasteiger partial charge in [0.15, 0.2) is 5.92 Å². The summed E-state index contributed by atoms with van der Waals surface area (Å²) < 4.78 is 10.00. The molecule has 1 atom stereocenters. The minimum atomic E-state index is -1.12. The zero-order valence-corrected chi connectivity index (χ0v) is 18.0. The van der Waals surface area contributed by atoms with Crippen molar-refractivity contribution in [3.05, 3.63) is 102 Å². The molecule has 4 rings (SSSR count). The van der Waals surface area contributed by atoms with Crippen LogP contribution in [0.3, 0.4) is 0 Å². The smallest absolute Gasteiger partial charge is 0.321 e. The van der Waals surface area contributed by atoms with E-state index < -0.39 is 23.8 Å². The van der Waals surface area contributed by atoms with Crippen LogP contribution in [0, 0.1) is 5.92 Å². The highest BCUT2D eigenvalue weighted by atomic mass is 16.5. The second-order valence-corrected chi connectivity index (χ2v) is 7.55. The number of benzene rings is 4. The first kappa shape index (κ1) is 21.3. The third-order valence-corrected chi connectivity index (χ3v) is 5.76.